The fourth-order valence-electron chi connectivity index (χ4n) is 1.17. The molecule has 2 aromatic heterocycles. The van der Waals surface area contributed by atoms with Crippen LogP contribution in [-0.4, -0.2) is 17.1 Å². The highest BCUT2D eigenvalue weighted by molar-refractivity contribution is 5.53. The van der Waals surface area contributed by atoms with Crippen LogP contribution < -0.4 is 4.74 Å². The Labute approximate surface area is 82.4 Å². The molecular formula is C11H10N2O. The number of hydrogen-bond acceptors (Lipinski definition) is 3. The third-order valence-corrected chi connectivity index (χ3v) is 1.90. The Kier molecular flexibility index (Phi) is 2.40. The molecule has 14 heavy (non-hydrogen) atoms. The van der Waals surface area contributed by atoms with Gasteiger partial charge in [-0.1, -0.05) is 6.07 Å². The van der Waals surface area contributed by atoms with Gasteiger partial charge < -0.3 is 4.74 Å². The van der Waals surface area contributed by atoms with E-state index < -0.39 is 0 Å². The third-order valence-electron chi connectivity index (χ3n) is 1.90. The standard InChI is InChI=1S/C11H10N2O/c1-14-9-5-6-11(13-8-9)10-4-2-3-7-12-10/h2-8H,1H3. The van der Waals surface area contributed by atoms with Crippen molar-refractivity contribution in [3.8, 4) is 17.1 Å². The summed E-state index contributed by atoms with van der Waals surface area (Å²) in [6.07, 6.45) is 3.44. The minimum Gasteiger partial charge on any atom is -0.495 e. The second kappa shape index (κ2) is 3.87. The summed E-state index contributed by atoms with van der Waals surface area (Å²) in [4.78, 5) is 8.43. The van der Waals surface area contributed by atoms with Gasteiger partial charge in [0.15, 0.2) is 0 Å². The van der Waals surface area contributed by atoms with Gasteiger partial charge in [-0.2, -0.15) is 0 Å². The van der Waals surface area contributed by atoms with Crippen molar-refractivity contribution in [3.05, 3.63) is 42.7 Å². The van der Waals surface area contributed by atoms with E-state index in [-0.39, 0.29) is 0 Å². The molecule has 0 fully saturated rings. The van der Waals surface area contributed by atoms with Gasteiger partial charge in [0.1, 0.15) is 5.75 Å². The Bertz CT molecular complexity index is 397. The van der Waals surface area contributed by atoms with Gasteiger partial charge in [0.2, 0.25) is 0 Å². The molecule has 70 valence electrons. The van der Waals surface area contributed by atoms with Gasteiger partial charge in [-0.25, -0.2) is 0 Å². The van der Waals surface area contributed by atoms with Gasteiger partial charge in [0.05, 0.1) is 24.7 Å². The van der Waals surface area contributed by atoms with E-state index in [1.165, 1.54) is 0 Å². The van der Waals surface area contributed by atoms with Crippen molar-refractivity contribution in [1.29, 1.82) is 0 Å². The van der Waals surface area contributed by atoms with Crippen LogP contribution in [0.4, 0.5) is 0 Å². The highest BCUT2D eigenvalue weighted by Gasteiger charge is 1.99. The zero-order valence-corrected chi connectivity index (χ0v) is 7.84. The normalized spacial score (nSPS) is 9.79. The van der Waals surface area contributed by atoms with Gasteiger partial charge in [0, 0.05) is 6.20 Å². The lowest BCUT2D eigenvalue weighted by molar-refractivity contribution is 0.413. The fourth-order valence-corrected chi connectivity index (χ4v) is 1.17. The van der Waals surface area contributed by atoms with E-state index in [4.69, 9.17) is 4.74 Å². The van der Waals surface area contributed by atoms with Crippen molar-refractivity contribution in [2.24, 2.45) is 0 Å². The van der Waals surface area contributed by atoms with Crippen molar-refractivity contribution in [2.75, 3.05) is 7.11 Å². The summed E-state index contributed by atoms with van der Waals surface area (Å²) in [5.41, 5.74) is 1.72. The molecule has 0 aliphatic heterocycles. The molecule has 0 aliphatic rings. The van der Waals surface area contributed by atoms with Crippen LogP contribution in [0.25, 0.3) is 11.4 Å². The SMILES string of the molecule is COc1ccc(-c2ccccn2)nc1. The third kappa shape index (κ3) is 1.71. The number of methoxy groups -OCH3 is 1. The lowest BCUT2D eigenvalue weighted by atomic mass is 10.2. The molecular weight excluding hydrogens is 176 g/mol. The highest BCUT2D eigenvalue weighted by Crippen LogP contribution is 2.16. The van der Waals surface area contributed by atoms with E-state index in [0.717, 1.165) is 17.1 Å². The van der Waals surface area contributed by atoms with Gasteiger partial charge in [-0.05, 0) is 24.3 Å². The van der Waals surface area contributed by atoms with Gasteiger partial charge >= 0.3 is 0 Å². The molecule has 0 amide bonds. The molecule has 2 rings (SSSR count). The quantitative estimate of drug-likeness (QED) is 0.720. The van der Waals surface area contributed by atoms with E-state index >= 15 is 0 Å². The molecule has 0 aromatic carbocycles. The summed E-state index contributed by atoms with van der Waals surface area (Å²) in [6.45, 7) is 0. The van der Waals surface area contributed by atoms with Gasteiger partial charge in [-0.3, -0.25) is 9.97 Å². The average molecular weight is 186 g/mol. The van der Waals surface area contributed by atoms with Crippen LogP contribution in [0.5, 0.6) is 5.75 Å². The van der Waals surface area contributed by atoms with Gasteiger partial charge in [0.25, 0.3) is 0 Å². The molecule has 0 atom stereocenters. The maximum Gasteiger partial charge on any atom is 0.137 e. The van der Waals surface area contributed by atoms with E-state index in [1.54, 1.807) is 19.5 Å². The first-order valence-electron chi connectivity index (χ1n) is 4.31. The van der Waals surface area contributed by atoms with Crippen LogP contribution >= 0.6 is 0 Å². The first-order chi connectivity index (χ1) is 6.90. The maximum absolute atomic E-state index is 5.02. The number of nitrogens with zero attached hydrogens (tertiary/aromatic N) is 2. The number of hydrogen-bond donors (Lipinski definition) is 0. The summed E-state index contributed by atoms with van der Waals surface area (Å²) in [7, 11) is 1.62. The fraction of sp³-hybridized carbons (Fsp3) is 0.0909. The van der Waals surface area contributed by atoms with Crippen molar-refractivity contribution < 1.29 is 4.74 Å². The van der Waals surface area contributed by atoms with E-state index in [1.807, 2.05) is 30.3 Å². The Balaban J connectivity index is 2.34. The molecule has 0 aliphatic carbocycles. The first-order valence-corrected chi connectivity index (χ1v) is 4.31. The molecule has 0 unspecified atom stereocenters. The lowest BCUT2D eigenvalue weighted by Gasteiger charge is -2.01. The van der Waals surface area contributed by atoms with Crippen LogP contribution in [-0.2, 0) is 0 Å². The Hall–Kier alpha value is -1.90. The molecule has 0 radical (unpaired) electrons. The topological polar surface area (TPSA) is 35.0 Å². The minimum atomic E-state index is 0.754. The number of aromatic nitrogens is 2. The molecule has 2 aromatic rings. The zero-order valence-electron chi connectivity index (χ0n) is 7.84. The monoisotopic (exact) mass is 186 g/mol. The largest absolute Gasteiger partial charge is 0.495 e. The highest BCUT2D eigenvalue weighted by atomic mass is 16.5. The molecule has 0 N–H and O–H groups in total. The minimum absolute atomic E-state index is 0.754. The molecule has 3 nitrogen and oxygen atoms in total. The number of rotatable bonds is 2. The second-order valence-corrected chi connectivity index (χ2v) is 2.80. The summed E-state index contributed by atoms with van der Waals surface area (Å²) in [6, 6.07) is 9.51. The summed E-state index contributed by atoms with van der Waals surface area (Å²) in [5, 5.41) is 0. The Morgan fingerprint density at radius 3 is 2.43 bits per heavy atom. The summed E-state index contributed by atoms with van der Waals surface area (Å²) < 4.78 is 5.02. The maximum atomic E-state index is 5.02. The van der Waals surface area contributed by atoms with Crippen molar-refractivity contribution in [3.63, 3.8) is 0 Å². The van der Waals surface area contributed by atoms with Crippen LogP contribution in [0.3, 0.4) is 0 Å². The average Bonchev–Trinajstić information content (AvgIpc) is 2.30. The van der Waals surface area contributed by atoms with E-state index in [2.05, 4.69) is 9.97 Å². The van der Waals surface area contributed by atoms with Crippen LogP contribution in [0.2, 0.25) is 0 Å². The second-order valence-electron chi connectivity index (χ2n) is 2.80. The summed E-state index contributed by atoms with van der Waals surface area (Å²) >= 11 is 0. The Morgan fingerprint density at radius 1 is 1.00 bits per heavy atom. The molecule has 2 heterocycles. The zero-order chi connectivity index (χ0) is 9.80. The van der Waals surface area contributed by atoms with Crippen LogP contribution in [0, 0.1) is 0 Å². The lowest BCUT2D eigenvalue weighted by Crippen LogP contribution is -1.88. The first kappa shape index (κ1) is 8.69. The van der Waals surface area contributed by atoms with Crippen molar-refractivity contribution in [1.82, 2.24) is 9.97 Å². The Morgan fingerprint density at radius 2 is 1.86 bits per heavy atom. The number of pyridine rings is 2. The number of ether oxygens (including phenoxy) is 1. The molecule has 0 spiro atoms. The van der Waals surface area contributed by atoms with Crippen LogP contribution in [0.1, 0.15) is 0 Å². The van der Waals surface area contributed by atoms with E-state index in [9.17, 15) is 0 Å². The molecule has 0 saturated carbocycles. The van der Waals surface area contributed by atoms with Gasteiger partial charge in [-0.15, -0.1) is 0 Å². The predicted molar refractivity (Wildman–Crippen MR) is 54.0 cm³/mol. The molecule has 3 heteroatoms. The van der Waals surface area contributed by atoms with E-state index in [0.29, 0.717) is 0 Å². The van der Waals surface area contributed by atoms with Crippen LogP contribution in [0.15, 0.2) is 42.7 Å². The molecule has 0 bridgehead atoms. The molecule has 0 saturated heterocycles. The predicted octanol–water partition coefficient (Wildman–Crippen LogP) is 2.15. The van der Waals surface area contributed by atoms with Crippen molar-refractivity contribution >= 4 is 0 Å². The summed E-state index contributed by atoms with van der Waals surface area (Å²) in [5.74, 6) is 0.754. The van der Waals surface area contributed by atoms with Crippen molar-refractivity contribution in [2.45, 2.75) is 0 Å². The smallest absolute Gasteiger partial charge is 0.137 e.